The van der Waals surface area contributed by atoms with Crippen molar-refractivity contribution < 1.29 is 42.1 Å². The number of phosphoric acid groups is 1. The van der Waals surface area contributed by atoms with Crippen molar-refractivity contribution >= 4 is 19.8 Å². The monoisotopic (exact) mass is 1090 g/mol. The molecule has 0 heterocycles. The van der Waals surface area contributed by atoms with Gasteiger partial charge in [-0.05, 0) is 83.5 Å². The van der Waals surface area contributed by atoms with E-state index >= 15 is 0 Å². The van der Waals surface area contributed by atoms with E-state index < -0.39 is 26.5 Å². The molecule has 9 nitrogen and oxygen atoms in total. The van der Waals surface area contributed by atoms with Crippen LogP contribution in [0.4, 0.5) is 0 Å². The molecular formula is C66H122NO8P. The van der Waals surface area contributed by atoms with Gasteiger partial charge in [-0.3, -0.25) is 14.2 Å². The maximum Gasteiger partial charge on any atom is 0.306 e. The van der Waals surface area contributed by atoms with Gasteiger partial charge in [0.15, 0.2) is 6.10 Å². The van der Waals surface area contributed by atoms with Crippen molar-refractivity contribution in [2.75, 3.05) is 47.5 Å². The number of allylic oxidation sites excluding steroid dienone is 10. The second-order valence-electron chi connectivity index (χ2n) is 22.8. The van der Waals surface area contributed by atoms with Crippen LogP contribution in [0.2, 0.25) is 0 Å². The van der Waals surface area contributed by atoms with E-state index in [2.05, 4.69) is 74.6 Å². The van der Waals surface area contributed by atoms with Crippen LogP contribution in [0.3, 0.4) is 0 Å². The van der Waals surface area contributed by atoms with Crippen molar-refractivity contribution in [1.29, 1.82) is 0 Å². The van der Waals surface area contributed by atoms with E-state index in [1.165, 1.54) is 205 Å². The number of likely N-dealkylation sites (N-methyl/N-ethyl adjacent to an activating group) is 1. The smallest absolute Gasteiger partial charge is 0.306 e. The first-order chi connectivity index (χ1) is 37.0. The number of hydrogen-bond donors (Lipinski definition) is 0. The maximum atomic E-state index is 12.8. The molecule has 0 aromatic heterocycles. The number of carbonyl (C=O) groups is 2. The Kier molecular flexibility index (Phi) is 55.7. The molecule has 0 saturated carbocycles. The van der Waals surface area contributed by atoms with Crippen molar-refractivity contribution in [1.82, 2.24) is 0 Å². The quantitative estimate of drug-likeness (QED) is 0.0195. The summed E-state index contributed by atoms with van der Waals surface area (Å²) in [6, 6.07) is 0. The Morgan fingerprint density at radius 3 is 1.05 bits per heavy atom. The third kappa shape index (κ3) is 60.9. The summed E-state index contributed by atoms with van der Waals surface area (Å²) in [6.07, 6.45) is 74.2. The van der Waals surface area contributed by atoms with E-state index in [0.717, 1.165) is 57.8 Å². The van der Waals surface area contributed by atoms with Crippen LogP contribution in [0.25, 0.3) is 0 Å². The van der Waals surface area contributed by atoms with Gasteiger partial charge in [0, 0.05) is 12.8 Å². The average Bonchev–Trinajstić information content (AvgIpc) is 3.38. The Labute approximate surface area is 470 Å². The number of ether oxygens (including phenoxy) is 2. The number of quaternary nitrogens is 1. The van der Waals surface area contributed by atoms with Crippen molar-refractivity contribution in [2.45, 2.75) is 302 Å². The molecule has 0 saturated heterocycles. The normalized spacial score (nSPS) is 13.6. The largest absolute Gasteiger partial charge is 0.756 e. The number of unbranched alkanes of at least 4 members (excludes halogenated alkanes) is 35. The van der Waals surface area contributed by atoms with Gasteiger partial charge in [-0.25, -0.2) is 0 Å². The predicted molar refractivity (Wildman–Crippen MR) is 323 cm³/mol. The zero-order valence-electron chi connectivity index (χ0n) is 50.5. The van der Waals surface area contributed by atoms with E-state index in [0.29, 0.717) is 17.4 Å². The molecule has 444 valence electrons. The summed E-state index contributed by atoms with van der Waals surface area (Å²) in [4.78, 5) is 38.0. The lowest BCUT2D eigenvalue weighted by molar-refractivity contribution is -0.870. The molecule has 0 N–H and O–H groups in total. The summed E-state index contributed by atoms with van der Waals surface area (Å²) in [5.74, 6) is -0.827. The Bertz CT molecular complexity index is 1470. The number of phosphoric ester groups is 1. The van der Waals surface area contributed by atoms with Crippen molar-refractivity contribution in [3.8, 4) is 0 Å². The van der Waals surface area contributed by atoms with Crippen LogP contribution in [0.1, 0.15) is 296 Å². The first-order valence-electron chi connectivity index (χ1n) is 32.0. The highest BCUT2D eigenvalue weighted by Crippen LogP contribution is 2.38. The zero-order valence-corrected chi connectivity index (χ0v) is 51.3. The molecule has 0 bridgehead atoms. The highest BCUT2D eigenvalue weighted by atomic mass is 31.2. The minimum absolute atomic E-state index is 0.0319. The highest BCUT2D eigenvalue weighted by Gasteiger charge is 2.22. The van der Waals surface area contributed by atoms with Gasteiger partial charge in [-0.1, -0.05) is 261 Å². The number of carbonyl (C=O) groups excluding carboxylic acids is 2. The molecule has 0 rings (SSSR count). The lowest BCUT2D eigenvalue weighted by atomic mass is 10.0. The molecular weight excluding hydrogens is 966 g/mol. The van der Waals surface area contributed by atoms with Gasteiger partial charge in [-0.15, -0.1) is 0 Å². The first kappa shape index (κ1) is 73.7. The average molecular weight is 1090 g/mol. The summed E-state index contributed by atoms with van der Waals surface area (Å²) < 4.78 is 34.2. The molecule has 10 heteroatoms. The lowest BCUT2D eigenvalue weighted by Gasteiger charge is -2.28. The van der Waals surface area contributed by atoms with Crippen molar-refractivity contribution in [2.24, 2.45) is 0 Å². The standard InChI is InChI=1S/C66H122NO8P/c1-6-8-10-12-14-16-18-20-22-24-26-28-30-31-32-33-34-35-37-39-41-43-45-47-49-51-53-55-57-59-66(69)75-64(63-74-76(70,71)73-61-60-67(3,4)5)62-72-65(68)58-56-54-52-50-48-46-44-42-40-38-36-29-27-25-23-21-19-17-15-13-11-9-7-2/h18-21,24-27,30-31,64H,6-17,22-23,28-29,32-63H2,1-5H3/b20-18-,21-19-,26-24-,27-25-,31-30-. The van der Waals surface area contributed by atoms with Crippen LogP contribution in [0, 0.1) is 0 Å². The van der Waals surface area contributed by atoms with E-state index in [-0.39, 0.29) is 32.0 Å². The molecule has 76 heavy (non-hydrogen) atoms. The molecule has 0 amide bonds. The molecule has 2 unspecified atom stereocenters. The van der Waals surface area contributed by atoms with E-state index in [1.54, 1.807) is 0 Å². The second kappa shape index (κ2) is 57.4. The molecule has 0 aliphatic rings. The Hall–Kier alpha value is -2.29. The highest BCUT2D eigenvalue weighted by molar-refractivity contribution is 7.45. The SMILES string of the molecule is CCCCCCC/C=C\C/C=C\C/C=C\CCCCCCCCCCCCCCCCC(=O)OC(COC(=O)CCCCCCCCCCCCC/C=C\C/C=C\CCCCCCC)COP(=O)([O-])OCC[N+](C)(C)C. The topological polar surface area (TPSA) is 111 Å². The predicted octanol–water partition coefficient (Wildman–Crippen LogP) is 19.6. The number of rotatable bonds is 59. The van der Waals surface area contributed by atoms with Crippen LogP contribution in [0.5, 0.6) is 0 Å². The van der Waals surface area contributed by atoms with Gasteiger partial charge in [0.1, 0.15) is 19.8 Å². The molecule has 0 radical (unpaired) electrons. The van der Waals surface area contributed by atoms with Gasteiger partial charge in [0.2, 0.25) is 0 Å². The Morgan fingerprint density at radius 2 is 0.711 bits per heavy atom. The molecule has 0 spiro atoms. The summed E-state index contributed by atoms with van der Waals surface area (Å²) in [5.41, 5.74) is 0. The fourth-order valence-corrected chi connectivity index (χ4v) is 9.78. The van der Waals surface area contributed by atoms with Gasteiger partial charge in [-0.2, -0.15) is 0 Å². The summed E-state index contributed by atoms with van der Waals surface area (Å²) in [6.45, 7) is 4.25. The Morgan fingerprint density at radius 1 is 0.408 bits per heavy atom. The van der Waals surface area contributed by atoms with E-state index in [1.807, 2.05) is 21.1 Å². The first-order valence-corrected chi connectivity index (χ1v) is 33.5. The third-order valence-corrected chi connectivity index (χ3v) is 15.0. The third-order valence-electron chi connectivity index (χ3n) is 14.0. The minimum atomic E-state index is -4.64. The van der Waals surface area contributed by atoms with Crippen molar-refractivity contribution in [3.63, 3.8) is 0 Å². The number of esters is 2. The van der Waals surface area contributed by atoms with Gasteiger partial charge < -0.3 is 27.9 Å². The van der Waals surface area contributed by atoms with Crippen LogP contribution >= 0.6 is 7.82 Å². The molecule has 0 aliphatic heterocycles. The number of hydrogen-bond acceptors (Lipinski definition) is 8. The molecule has 2 atom stereocenters. The van der Waals surface area contributed by atoms with Gasteiger partial charge in [0.25, 0.3) is 7.82 Å². The summed E-state index contributed by atoms with van der Waals surface area (Å²) in [7, 11) is 1.17. The Balaban J connectivity index is 4.10. The second-order valence-corrected chi connectivity index (χ2v) is 24.2. The lowest BCUT2D eigenvalue weighted by Crippen LogP contribution is -2.37. The van der Waals surface area contributed by atoms with Crippen LogP contribution in [0.15, 0.2) is 60.8 Å². The van der Waals surface area contributed by atoms with Crippen molar-refractivity contribution in [3.05, 3.63) is 60.8 Å². The van der Waals surface area contributed by atoms with Crippen LogP contribution < -0.4 is 4.89 Å². The molecule has 0 aliphatic carbocycles. The fourth-order valence-electron chi connectivity index (χ4n) is 9.05. The number of nitrogens with zero attached hydrogens (tertiary/aromatic N) is 1. The molecule has 0 fully saturated rings. The zero-order chi connectivity index (χ0) is 55.6. The minimum Gasteiger partial charge on any atom is -0.756 e. The van der Waals surface area contributed by atoms with E-state index in [4.69, 9.17) is 18.5 Å². The maximum absolute atomic E-state index is 12.8. The van der Waals surface area contributed by atoms with Gasteiger partial charge in [0.05, 0.1) is 27.7 Å². The van der Waals surface area contributed by atoms with Crippen LogP contribution in [-0.4, -0.2) is 70.0 Å². The summed E-state index contributed by atoms with van der Waals surface area (Å²) in [5, 5.41) is 0. The van der Waals surface area contributed by atoms with Crippen LogP contribution in [-0.2, 0) is 32.7 Å². The molecule has 0 aromatic rings. The van der Waals surface area contributed by atoms with Gasteiger partial charge >= 0.3 is 11.9 Å². The summed E-state index contributed by atoms with van der Waals surface area (Å²) >= 11 is 0. The van der Waals surface area contributed by atoms with E-state index in [9.17, 15) is 19.0 Å². The molecule has 0 aromatic carbocycles. The fraction of sp³-hybridized carbons (Fsp3) is 0.818.